The third kappa shape index (κ3) is 2.05. The van der Waals surface area contributed by atoms with Crippen LogP contribution in [-0.2, 0) is 5.60 Å². The van der Waals surface area contributed by atoms with E-state index in [0.29, 0.717) is 5.92 Å². The van der Waals surface area contributed by atoms with E-state index in [2.05, 4.69) is 11.1 Å². The number of aromatic nitrogens is 1. The second kappa shape index (κ2) is 3.81. The lowest BCUT2D eigenvalue weighted by Crippen LogP contribution is -2.22. The Morgan fingerprint density at radius 2 is 2.18 bits per heavy atom. The lowest BCUT2D eigenvalue weighted by Gasteiger charge is -2.25. The highest BCUT2D eigenvalue weighted by atomic mass is 16.3. The van der Waals surface area contributed by atoms with Gasteiger partial charge in [0.1, 0.15) is 0 Å². The molecule has 1 heterocycles. The van der Waals surface area contributed by atoms with Gasteiger partial charge in [0.15, 0.2) is 0 Å². The Bertz CT molecular complexity index is 538. The quantitative estimate of drug-likeness (QED) is 0.873. The van der Waals surface area contributed by atoms with E-state index < -0.39 is 5.60 Å². The van der Waals surface area contributed by atoms with Crippen molar-refractivity contribution in [3.8, 4) is 0 Å². The molecule has 1 aliphatic carbocycles. The molecule has 2 aromatic rings. The predicted molar refractivity (Wildman–Crippen MR) is 68.7 cm³/mol. The summed E-state index contributed by atoms with van der Waals surface area (Å²) < 4.78 is 0. The number of hydrogen-bond donors (Lipinski definition) is 1. The minimum Gasteiger partial charge on any atom is -0.385 e. The maximum absolute atomic E-state index is 10.7. The number of benzene rings is 1. The zero-order valence-electron chi connectivity index (χ0n) is 10.1. The molecule has 2 heteroatoms. The summed E-state index contributed by atoms with van der Waals surface area (Å²) in [5.41, 5.74) is 0.277. The molecule has 17 heavy (non-hydrogen) atoms. The van der Waals surface area contributed by atoms with Crippen molar-refractivity contribution in [2.24, 2.45) is 5.92 Å². The molecule has 1 atom stereocenters. The third-order valence-corrected chi connectivity index (χ3v) is 3.65. The highest BCUT2D eigenvalue weighted by molar-refractivity contribution is 5.85. The predicted octanol–water partition coefficient (Wildman–Crippen LogP) is 3.24. The largest absolute Gasteiger partial charge is 0.385 e. The first-order valence-corrected chi connectivity index (χ1v) is 6.22. The van der Waals surface area contributed by atoms with Crippen molar-refractivity contribution in [2.45, 2.75) is 31.8 Å². The van der Waals surface area contributed by atoms with E-state index in [-0.39, 0.29) is 0 Å². The van der Waals surface area contributed by atoms with Gasteiger partial charge in [-0.2, -0.15) is 0 Å². The van der Waals surface area contributed by atoms with Crippen LogP contribution in [0.1, 0.15) is 31.7 Å². The smallest absolute Gasteiger partial charge is 0.0877 e. The molecule has 1 fully saturated rings. The number of hydrogen-bond acceptors (Lipinski definition) is 2. The first-order valence-electron chi connectivity index (χ1n) is 6.22. The Labute approximate surface area is 101 Å². The van der Waals surface area contributed by atoms with Gasteiger partial charge < -0.3 is 5.11 Å². The van der Waals surface area contributed by atoms with Crippen LogP contribution in [0.5, 0.6) is 0 Å². The molecule has 1 aromatic carbocycles. The van der Waals surface area contributed by atoms with Crippen LogP contribution in [0.4, 0.5) is 0 Å². The maximum atomic E-state index is 10.7. The molecule has 0 aliphatic heterocycles. The molecule has 1 unspecified atom stereocenters. The van der Waals surface area contributed by atoms with Crippen LogP contribution in [-0.4, -0.2) is 10.1 Å². The van der Waals surface area contributed by atoms with Gasteiger partial charge in [0.05, 0.1) is 5.60 Å². The van der Waals surface area contributed by atoms with Gasteiger partial charge in [0.2, 0.25) is 0 Å². The molecule has 0 spiro atoms. The Kier molecular flexibility index (Phi) is 2.40. The van der Waals surface area contributed by atoms with E-state index in [9.17, 15) is 5.11 Å². The van der Waals surface area contributed by atoms with Crippen molar-refractivity contribution < 1.29 is 5.11 Å². The first kappa shape index (κ1) is 10.7. The number of rotatable bonds is 3. The fourth-order valence-corrected chi connectivity index (χ4v) is 2.58. The highest BCUT2D eigenvalue weighted by Crippen LogP contribution is 2.41. The summed E-state index contributed by atoms with van der Waals surface area (Å²) >= 11 is 0. The van der Waals surface area contributed by atoms with Gasteiger partial charge in [-0.3, -0.25) is 4.98 Å². The maximum Gasteiger partial charge on any atom is 0.0877 e. The molecule has 3 rings (SSSR count). The van der Waals surface area contributed by atoms with Crippen molar-refractivity contribution in [3.05, 3.63) is 42.2 Å². The van der Waals surface area contributed by atoms with Crippen LogP contribution in [0.3, 0.4) is 0 Å². The van der Waals surface area contributed by atoms with E-state index in [1.54, 1.807) is 6.20 Å². The zero-order chi connectivity index (χ0) is 11.9. The number of nitrogens with zero attached hydrogens (tertiary/aromatic N) is 1. The molecule has 0 saturated heterocycles. The van der Waals surface area contributed by atoms with Gasteiger partial charge in [0.25, 0.3) is 0 Å². The van der Waals surface area contributed by atoms with Gasteiger partial charge >= 0.3 is 0 Å². The highest BCUT2D eigenvalue weighted by Gasteiger charge is 2.33. The minimum absolute atomic E-state index is 0.705. The van der Waals surface area contributed by atoms with Crippen LogP contribution in [0, 0.1) is 5.92 Å². The van der Waals surface area contributed by atoms with Crippen molar-refractivity contribution in [1.82, 2.24) is 4.98 Å². The molecule has 0 radical (unpaired) electrons. The van der Waals surface area contributed by atoms with Crippen LogP contribution >= 0.6 is 0 Å². The fourth-order valence-electron chi connectivity index (χ4n) is 2.58. The van der Waals surface area contributed by atoms with Gasteiger partial charge in [-0.1, -0.05) is 31.0 Å². The molecule has 1 N–H and O–H groups in total. The molecule has 1 saturated carbocycles. The van der Waals surface area contributed by atoms with Crippen LogP contribution < -0.4 is 0 Å². The lowest BCUT2D eigenvalue weighted by molar-refractivity contribution is 0.0432. The second-order valence-electron chi connectivity index (χ2n) is 5.32. The van der Waals surface area contributed by atoms with Crippen molar-refractivity contribution in [1.29, 1.82) is 0 Å². The lowest BCUT2D eigenvalue weighted by atomic mass is 9.87. The standard InChI is InChI=1S/C15H17NO/c1-15(17,9-11-5-6-11)14-4-2-3-12-7-8-16-10-13(12)14/h2-4,7-8,10-11,17H,5-6,9H2,1H3. The van der Waals surface area contributed by atoms with Crippen molar-refractivity contribution in [3.63, 3.8) is 0 Å². The average Bonchev–Trinajstić information content (AvgIpc) is 3.11. The summed E-state index contributed by atoms with van der Waals surface area (Å²) in [5, 5.41) is 12.9. The van der Waals surface area contributed by atoms with E-state index in [1.165, 1.54) is 12.8 Å². The fraction of sp³-hybridized carbons (Fsp3) is 0.400. The number of aliphatic hydroxyl groups is 1. The Morgan fingerprint density at radius 1 is 1.35 bits per heavy atom. The monoisotopic (exact) mass is 227 g/mol. The van der Waals surface area contributed by atoms with E-state index >= 15 is 0 Å². The van der Waals surface area contributed by atoms with Gasteiger partial charge in [0, 0.05) is 17.8 Å². The molecule has 88 valence electrons. The van der Waals surface area contributed by atoms with Gasteiger partial charge in [-0.05, 0) is 36.3 Å². The van der Waals surface area contributed by atoms with Crippen molar-refractivity contribution in [2.75, 3.05) is 0 Å². The van der Waals surface area contributed by atoms with Gasteiger partial charge in [-0.25, -0.2) is 0 Å². The van der Waals surface area contributed by atoms with Crippen LogP contribution in [0.15, 0.2) is 36.7 Å². The van der Waals surface area contributed by atoms with Crippen LogP contribution in [0.2, 0.25) is 0 Å². The van der Waals surface area contributed by atoms with Gasteiger partial charge in [-0.15, -0.1) is 0 Å². The van der Waals surface area contributed by atoms with Crippen molar-refractivity contribution >= 4 is 10.8 Å². The van der Waals surface area contributed by atoms with E-state index in [0.717, 1.165) is 22.8 Å². The molecule has 2 nitrogen and oxygen atoms in total. The summed E-state index contributed by atoms with van der Waals surface area (Å²) in [6.07, 6.45) is 7.03. The first-order chi connectivity index (χ1) is 8.17. The summed E-state index contributed by atoms with van der Waals surface area (Å²) in [6, 6.07) is 8.09. The molecule has 0 bridgehead atoms. The van der Waals surface area contributed by atoms with E-state index in [1.807, 2.05) is 31.3 Å². The Morgan fingerprint density at radius 3 is 2.94 bits per heavy atom. The summed E-state index contributed by atoms with van der Waals surface area (Å²) in [6.45, 7) is 1.92. The normalized spacial score (nSPS) is 19.2. The summed E-state index contributed by atoms with van der Waals surface area (Å²) in [7, 11) is 0. The molecular weight excluding hydrogens is 210 g/mol. The number of fused-ring (bicyclic) bond motifs is 1. The van der Waals surface area contributed by atoms with Crippen LogP contribution in [0.25, 0.3) is 10.8 Å². The molecule has 0 amide bonds. The second-order valence-corrected chi connectivity index (χ2v) is 5.32. The number of pyridine rings is 1. The molecular formula is C15H17NO. The molecule has 1 aromatic heterocycles. The Hall–Kier alpha value is -1.41. The topological polar surface area (TPSA) is 33.1 Å². The summed E-state index contributed by atoms with van der Waals surface area (Å²) in [5.74, 6) is 0.705. The molecule has 1 aliphatic rings. The third-order valence-electron chi connectivity index (χ3n) is 3.65. The van der Waals surface area contributed by atoms with E-state index in [4.69, 9.17) is 0 Å². The Balaban J connectivity index is 2.09. The zero-order valence-corrected chi connectivity index (χ0v) is 10.1. The minimum atomic E-state index is -0.732. The SMILES string of the molecule is CC(O)(CC1CC1)c1cccc2ccncc12. The average molecular weight is 227 g/mol. The summed E-state index contributed by atoms with van der Waals surface area (Å²) in [4.78, 5) is 4.17.